The zero-order valence-electron chi connectivity index (χ0n) is 12.3. The normalized spacial score (nSPS) is 16.0. The number of allylic oxidation sites excluding steroid dienone is 1. The summed E-state index contributed by atoms with van der Waals surface area (Å²) >= 11 is 0. The fourth-order valence-electron chi connectivity index (χ4n) is 2.85. The van der Waals surface area contributed by atoms with Gasteiger partial charge in [0.2, 0.25) is 0 Å². The number of aromatic amines is 2. The molecule has 0 unspecified atom stereocenters. The molecule has 0 atom stereocenters. The Morgan fingerprint density at radius 3 is 2.95 bits per heavy atom. The zero-order chi connectivity index (χ0) is 14.9. The molecule has 1 aliphatic rings. The Morgan fingerprint density at radius 1 is 1.18 bits per heavy atom. The van der Waals surface area contributed by atoms with Crippen LogP contribution < -0.4 is 10.1 Å². The summed E-state index contributed by atoms with van der Waals surface area (Å²) < 4.78 is 5.41. The average Bonchev–Trinajstić information content (AvgIpc) is 3.26. The first-order valence-corrected chi connectivity index (χ1v) is 7.31. The van der Waals surface area contributed by atoms with E-state index in [1.54, 1.807) is 7.11 Å². The lowest BCUT2D eigenvalue weighted by atomic mass is 10.2. The van der Waals surface area contributed by atoms with Gasteiger partial charge in [0.1, 0.15) is 5.75 Å². The molecule has 110 valence electrons. The minimum absolute atomic E-state index is 0.892. The van der Waals surface area contributed by atoms with Gasteiger partial charge in [-0.2, -0.15) is 0 Å². The van der Waals surface area contributed by atoms with Gasteiger partial charge in [-0.05, 0) is 36.4 Å². The summed E-state index contributed by atoms with van der Waals surface area (Å²) in [5.74, 6) is 0.892. The van der Waals surface area contributed by atoms with Crippen LogP contribution in [0.15, 0.2) is 54.4 Å². The molecule has 0 saturated heterocycles. The van der Waals surface area contributed by atoms with Crippen LogP contribution in [0, 0.1) is 0 Å². The van der Waals surface area contributed by atoms with Crippen molar-refractivity contribution in [3.8, 4) is 5.75 Å². The molecule has 4 rings (SSSR count). The number of methoxy groups -OCH3 is 1. The molecule has 0 saturated carbocycles. The Hall–Kier alpha value is -2.88. The van der Waals surface area contributed by atoms with Crippen molar-refractivity contribution in [1.82, 2.24) is 15.3 Å². The summed E-state index contributed by atoms with van der Waals surface area (Å²) in [5.41, 5.74) is 5.58. The highest BCUT2D eigenvalue weighted by molar-refractivity contribution is 5.88. The molecule has 2 aromatic heterocycles. The van der Waals surface area contributed by atoms with Gasteiger partial charge < -0.3 is 20.0 Å². The Kier molecular flexibility index (Phi) is 3.00. The quantitative estimate of drug-likeness (QED) is 0.686. The standard InChI is InChI=1S/C18H17N3O/c1-22-18-6-2-4-15-14(18)11-13(21-15)10-12-7-8-17(20-12)16-5-3-9-19-16/h2-6,8-11,19-21H,7H2,1H3. The summed E-state index contributed by atoms with van der Waals surface area (Å²) in [7, 11) is 1.70. The lowest BCUT2D eigenvalue weighted by molar-refractivity contribution is 0.420. The second kappa shape index (κ2) is 5.15. The highest BCUT2D eigenvalue weighted by Crippen LogP contribution is 2.28. The predicted octanol–water partition coefficient (Wildman–Crippen LogP) is 3.88. The fraction of sp³-hybridized carbons (Fsp3) is 0.111. The number of ether oxygens (including phenoxy) is 1. The van der Waals surface area contributed by atoms with Crippen molar-refractivity contribution in [1.29, 1.82) is 0 Å². The molecule has 3 heterocycles. The topological polar surface area (TPSA) is 52.8 Å². The zero-order valence-corrected chi connectivity index (χ0v) is 12.3. The minimum atomic E-state index is 0.892. The van der Waals surface area contributed by atoms with Crippen LogP contribution in [0.2, 0.25) is 0 Å². The Morgan fingerprint density at radius 2 is 2.14 bits per heavy atom. The predicted molar refractivity (Wildman–Crippen MR) is 89.4 cm³/mol. The maximum absolute atomic E-state index is 5.41. The van der Waals surface area contributed by atoms with Crippen molar-refractivity contribution in [3.05, 3.63) is 65.8 Å². The Labute approximate surface area is 128 Å². The van der Waals surface area contributed by atoms with Crippen molar-refractivity contribution in [3.63, 3.8) is 0 Å². The number of fused-ring (bicyclic) bond motifs is 1. The molecule has 3 aromatic rings. The third kappa shape index (κ3) is 2.19. The van der Waals surface area contributed by atoms with Crippen molar-refractivity contribution < 1.29 is 4.74 Å². The second-order valence-electron chi connectivity index (χ2n) is 5.35. The van der Waals surface area contributed by atoms with E-state index in [1.165, 1.54) is 5.70 Å². The van der Waals surface area contributed by atoms with E-state index >= 15 is 0 Å². The number of H-pyrrole nitrogens is 2. The third-order valence-electron chi connectivity index (χ3n) is 3.90. The molecule has 0 aliphatic carbocycles. The van der Waals surface area contributed by atoms with Gasteiger partial charge in [0.15, 0.2) is 0 Å². The molecule has 0 bridgehead atoms. The fourth-order valence-corrected chi connectivity index (χ4v) is 2.85. The monoisotopic (exact) mass is 291 g/mol. The van der Waals surface area contributed by atoms with E-state index in [-0.39, 0.29) is 0 Å². The first-order chi connectivity index (χ1) is 10.8. The highest BCUT2D eigenvalue weighted by atomic mass is 16.5. The van der Waals surface area contributed by atoms with Gasteiger partial charge in [0, 0.05) is 34.9 Å². The van der Waals surface area contributed by atoms with Crippen LogP contribution in [0.1, 0.15) is 17.8 Å². The maximum atomic E-state index is 5.41. The number of hydrogen-bond donors (Lipinski definition) is 3. The highest BCUT2D eigenvalue weighted by Gasteiger charge is 2.12. The molecule has 1 aromatic carbocycles. The van der Waals surface area contributed by atoms with Gasteiger partial charge in [0.05, 0.1) is 18.5 Å². The van der Waals surface area contributed by atoms with Crippen molar-refractivity contribution in [2.45, 2.75) is 6.42 Å². The molecule has 0 radical (unpaired) electrons. The van der Waals surface area contributed by atoms with E-state index in [2.05, 4.69) is 45.6 Å². The lowest BCUT2D eigenvalue weighted by Crippen LogP contribution is -2.05. The molecular weight excluding hydrogens is 274 g/mol. The van der Waals surface area contributed by atoms with Gasteiger partial charge in [-0.3, -0.25) is 0 Å². The van der Waals surface area contributed by atoms with Crippen LogP contribution in [0.25, 0.3) is 22.7 Å². The van der Waals surface area contributed by atoms with E-state index in [4.69, 9.17) is 4.74 Å². The van der Waals surface area contributed by atoms with Crippen molar-refractivity contribution >= 4 is 22.7 Å². The molecule has 22 heavy (non-hydrogen) atoms. The summed E-state index contributed by atoms with van der Waals surface area (Å²) in [6, 6.07) is 12.2. The number of nitrogens with one attached hydrogen (secondary N) is 3. The second-order valence-corrected chi connectivity index (χ2v) is 5.35. The van der Waals surface area contributed by atoms with Crippen molar-refractivity contribution in [2.75, 3.05) is 7.11 Å². The first kappa shape index (κ1) is 12.8. The molecule has 1 aliphatic heterocycles. The molecule has 0 fully saturated rings. The van der Waals surface area contributed by atoms with Crippen LogP contribution in [-0.4, -0.2) is 17.1 Å². The van der Waals surface area contributed by atoms with Gasteiger partial charge in [-0.1, -0.05) is 12.1 Å². The number of aromatic nitrogens is 2. The van der Waals surface area contributed by atoms with Gasteiger partial charge in [-0.25, -0.2) is 0 Å². The Bertz CT molecular complexity index is 869. The van der Waals surface area contributed by atoms with Crippen LogP contribution in [0.5, 0.6) is 5.75 Å². The third-order valence-corrected chi connectivity index (χ3v) is 3.90. The molecule has 4 nitrogen and oxygen atoms in total. The summed E-state index contributed by atoms with van der Waals surface area (Å²) in [5, 5.41) is 4.56. The van der Waals surface area contributed by atoms with Gasteiger partial charge in [-0.15, -0.1) is 0 Å². The van der Waals surface area contributed by atoms with Gasteiger partial charge >= 0.3 is 0 Å². The molecular formula is C18H17N3O. The van der Waals surface area contributed by atoms with Crippen molar-refractivity contribution in [2.24, 2.45) is 0 Å². The SMILES string of the molecule is COc1cccc2[nH]c(C=C3CC=C(c4ccc[nH]4)N3)cc12. The summed E-state index contributed by atoms with van der Waals surface area (Å²) in [6.45, 7) is 0. The van der Waals surface area contributed by atoms with E-state index < -0.39 is 0 Å². The number of benzene rings is 1. The van der Waals surface area contributed by atoms with E-state index in [0.717, 1.165) is 40.2 Å². The number of hydrogen-bond acceptors (Lipinski definition) is 2. The van der Waals surface area contributed by atoms with E-state index in [0.29, 0.717) is 0 Å². The molecule has 3 N–H and O–H groups in total. The number of rotatable bonds is 3. The van der Waals surface area contributed by atoms with E-state index in [9.17, 15) is 0 Å². The smallest absolute Gasteiger partial charge is 0.128 e. The maximum Gasteiger partial charge on any atom is 0.128 e. The van der Waals surface area contributed by atoms with Crippen LogP contribution in [-0.2, 0) is 0 Å². The average molecular weight is 291 g/mol. The Balaban J connectivity index is 1.62. The van der Waals surface area contributed by atoms with Crippen LogP contribution in [0.4, 0.5) is 0 Å². The molecule has 4 heteroatoms. The summed E-state index contributed by atoms with van der Waals surface area (Å²) in [4.78, 5) is 6.64. The van der Waals surface area contributed by atoms with Crippen LogP contribution >= 0.6 is 0 Å². The largest absolute Gasteiger partial charge is 0.496 e. The van der Waals surface area contributed by atoms with Gasteiger partial charge in [0.25, 0.3) is 0 Å². The summed E-state index contributed by atoms with van der Waals surface area (Å²) in [6.07, 6.45) is 7.18. The van der Waals surface area contributed by atoms with Crippen LogP contribution in [0.3, 0.4) is 0 Å². The lowest BCUT2D eigenvalue weighted by Gasteiger charge is -2.03. The minimum Gasteiger partial charge on any atom is -0.496 e. The van der Waals surface area contributed by atoms with E-state index in [1.807, 2.05) is 24.4 Å². The molecule has 0 spiro atoms. The first-order valence-electron chi connectivity index (χ1n) is 7.31. The molecule has 0 amide bonds.